The summed E-state index contributed by atoms with van der Waals surface area (Å²) in [6.07, 6.45) is 0. The Labute approximate surface area is 131 Å². The molecule has 0 spiro atoms. The molecule has 22 heavy (non-hydrogen) atoms. The van der Waals surface area contributed by atoms with Crippen molar-refractivity contribution in [3.8, 4) is 22.5 Å². The Morgan fingerprint density at radius 1 is 0.818 bits per heavy atom. The third-order valence-electron chi connectivity index (χ3n) is 3.13. The number of hydrogen-bond donors (Lipinski definition) is 0. The van der Waals surface area contributed by atoms with Crippen LogP contribution in [0.5, 0.6) is 0 Å². The number of aromatic nitrogens is 2. The van der Waals surface area contributed by atoms with Crippen LogP contribution in [0.15, 0.2) is 60.7 Å². The Morgan fingerprint density at radius 2 is 1.23 bits per heavy atom. The van der Waals surface area contributed by atoms with Crippen LogP contribution in [0.1, 0.15) is 0 Å². The van der Waals surface area contributed by atoms with E-state index in [0.717, 1.165) is 0 Å². The van der Waals surface area contributed by atoms with Crippen LogP contribution < -0.4 is 0 Å². The van der Waals surface area contributed by atoms with E-state index in [-0.39, 0.29) is 22.4 Å². The highest BCUT2D eigenvalue weighted by Crippen LogP contribution is 2.36. The van der Waals surface area contributed by atoms with E-state index < -0.39 is 4.92 Å². The fourth-order valence-electron chi connectivity index (χ4n) is 2.20. The molecular weight excluding hydrogens is 302 g/mol. The van der Waals surface area contributed by atoms with Gasteiger partial charge in [-0.15, -0.1) is 0 Å². The Hall–Kier alpha value is -2.79. The SMILES string of the molecule is O=[N+]([O-])c1c(-c2ccccc2)nc(Cl)nc1-c1ccccc1. The molecule has 0 fully saturated rings. The van der Waals surface area contributed by atoms with E-state index in [0.29, 0.717) is 11.1 Å². The summed E-state index contributed by atoms with van der Waals surface area (Å²) < 4.78 is 0. The van der Waals surface area contributed by atoms with Crippen LogP contribution in [0.4, 0.5) is 5.69 Å². The molecule has 0 aliphatic carbocycles. The Balaban J connectivity index is 2.32. The zero-order chi connectivity index (χ0) is 15.5. The van der Waals surface area contributed by atoms with E-state index in [2.05, 4.69) is 9.97 Å². The van der Waals surface area contributed by atoms with E-state index in [1.54, 1.807) is 48.5 Å². The van der Waals surface area contributed by atoms with Crippen molar-refractivity contribution in [1.82, 2.24) is 9.97 Å². The third kappa shape index (κ3) is 2.66. The number of nitro groups is 1. The molecule has 0 bridgehead atoms. The minimum absolute atomic E-state index is 0.0247. The molecule has 1 aromatic heterocycles. The van der Waals surface area contributed by atoms with Crippen LogP contribution in [-0.2, 0) is 0 Å². The van der Waals surface area contributed by atoms with Crippen molar-refractivity contribution in [2.24, 2.45) is 0 Å². The van der Waals surface area contributed by atoms with Gasteiger partial charge in [0.25, 0.3) is 0 Å². The molecule has 0 saturated heterocycles. The van der Waals surface area contributed by atoms with Crippen molar-refractivity contribution in [2.45, 2.75) is 0 Å². The maximum absolute atomic E-state index is 11.6. The van der Waals surface area contributed by atoms with E-state index >= 15 is 0 Å². The zero-order valence-corrected chi connectivity index (χ0v) is 12.1. The zero-order valence-electron chi connectivity index (χ0n) is 11.3. The highest BCUT2D eigenvalue weighted by Gasteiger charge is 2.26. The molecule has 0 aliphatic rings. The molecule has 0 radical (unpaired) electrons. The van der Waals surface area contributed by atoms with Gasteiger partial charge in [0.15, 0.2) is 11.4 Å². The van der Waals surface area contributed by atoms with Gasteiger partial charge in [-0.05, 0) is 11.6 Å². The van der Waals surface area contributed by atoms with E-state index in [9.17, 15) is 10.1 Å². The molecule has 108 valence electrons. The molecule has 5 nitrogen and oxygen atoms in total. The molecule has 6 heteroatoms. The smallest absolute Gasteiger partial charge is 0.258 e. The molecule has 0 aliphatic heterocycles. The van der Waals surface area contributed by atoms with E-state index in [1.165, 1.54) is 0 Å². The molecule has 0 atom stereocenters. The fraction of sp³-hybridized carbons (Fsp3) is 0. The minimum Gasteiger partial charge on any atom is -0.258 e. The first-order valence-corrected chi connectivity index (χ1v) is 6.87. The minimum atomic E-state index is -0.471. The van der Waals surface area contributed by atoms with E-state index in [4.69, 9.17) is 11.6 Å². The van der Waals surface area contributed by atoms with Crippen molar-refractivity contribution in [3.63, 3.8) is 0 Å². The third-order valence-corrected chi connectivity index (χ3v) is 3.30. The van der Waals surface area contributed by atoms with Gasteiger partial charge in [-0.3, -0.25) is 10.1 Å². The number of nitrogens with zero attached hydrogens (tertiary/aromatic N) is 3. The molecule has 3 rings (SSSR count). The lowest BCUT2D eigenvalue weighted by Crippen LogP contribution is -2.01. The quantitative estimate of drug-likeness (QED) is 0.409. The molecule has 1 heterocycles. The van der Waals surface area contributed by atoms with Gasteiger partial charge in [-0.2, -0.15) is 0 Å². The van der Waals surface area contributed by atoms with Gasteiger partial charge in [0, 0.05) is 11.1 Å². The lowest BCUT2D eigenvalue weighted by Gasteiger charge is -2.07. The first-order valence-electron chi connectivity index (χ1n) is 6.49. The molecule has 0 amide bonds. The fourth-order valence-corrected chi connectivity index (χ4v) is 2.36. The number of halogens is 1. The molecule has 0 saturated carbocycles. The first-order chi connectivity index (χ1) is 10.7. The topological polar surface area (TPSA) is 68.9 Å². The number of rotatable bonds is 3. The van der Waals surface area contributed by atoms with Gasteiger partial charge in [-0.1, -0.05) is 60.7 Å². The number of hydrogen-bond acceptors (Lipinski definition) is 4. The monoisotopic (exact) mass is 311 g/mol. The van der Waals surface area contributed by atoms with Gasteiger partial charge in [0.2, 0.25) is 5.28 Å². The van der Waals surface area contributed by atoms with Crippen LogP contribution in [0.25, 0.3) is 22.5 Å². The second kappa shape index (κ2) is 5.91. The predicted molar refractivity (Wildman–Crippen MR) is 84.6 cm³/mol. The summed E-state index contributed by atoms with van der Waals surface area (Å²) in [6, 6.07) is 17.8. The lowest BCUT2D eigenvalue weighted by molar-refractivity contribution is -0.383. The second-order valence-electron chi connectivity index (χ2n) is 4.53. The van der Waals surface area contributed by atoms with Crippen molar-refractivity contribution < 1.29 is 4.92 Å². The van der Waals surface area contributed by atoms with Crippen LogP contribution in [0.2, 0.25) is 5.28 Å². The predicted octanol–water partition coefficient (Wildman–Crippen LogP) is 4.37. The molecule has 0 unspecified atom stereocenters. The summed E-state index contributed by atoms with van der Waals surface area (Å²) in [6.45, 7) is 0. The normalized spacial score (nSPS) is 10.4. The van der Waals surface area contributed by atoms with Crippen molar-refractivity contribution in [3.05, 3.63) is 76.1 Å². The van der Waals surface area contributed by atoms with Crippen molar-refractivity contribution in [2.75, 3.05) is 0 Å². The Bertz CT molecular complexity index is 763. The summed E-state index contributed by atoms with van der Waals surface area (Å²) >= 11 is 5.98. The summed E-state index contributed by atoms with van der Waals surface area (Å²) in [5.41, 5.74) is 1.52. The Kier molecular flexibility index (Phi) is 3.80. The van der Waals surface area contributed by atoms with Gasteiger partial charge in [-0.25, -0.2) is 9.97 Å². The van der Waals surface area contributed by atoms with Crippen molar-refractivity contribution in [1.29, 1.82) is 0 Å². The van der Waals surface area contributed by atoms with Crippen LogP contribution in [0.3, 0.4) is 0 Å². The van der Waals surface area contributed by atoms with Gasteiger partial charge in [0.05, 0.1) is 4.92 Å². The van der Waals surface area contributed by atoms with Crippen LogP contribution in [-0.4, -0.2) is 14.9 Å². The molecule has 3 aromatic rings. The largest absolute Gasteiger partial charge is 0.321 e. The highest BCUT2D eigenvalue weighted by molar-refractivity contribution is 6.28. The lowest BCUT2D eigenvalue weighted by atomic mass is 10.1. The summed E-state index contributed by atoms with van der Waals surface area (Å²) in [7, 11) is 0. The summed E-state index contributed by atoms with van der Waals surface area (Å²) in [4.78, 5) is 19.2. The van der Waals surface area contributed by atoms with E-state index in [1.807, 2.05) is 12.1 Å². The van der Waals surface area contributed by atoms with Crippen molar-refractivity contribution >= 4 is 17.3 Å². The summed E-state index contributed by atoms with van der Waals surface area (Å²) in [5.74, 6) is 0. The maximum Gasteiger partial charge on any atom is 0.321 e. The van der Waals surface area contributed by atoms with Crippen LogP contribution >= 0.6 is 11.6 Å². The highest BCUT2D eigenvalue weighted by atomic mass is 35.5. The van der Waals surface area contributed by atoms with Gasteiger partial charge in [0.1, 0.15) is 0 Å². The first kappa shape index (κ1) is 14.2. The second-order valence-corrected chi connectivity index (χ2v) is 4.87. The summed E-state index contributed by atoms with van der Waals surface area (Å²) in [5, 5.41) is 11.6. The maximum atomic E-state index is 11.6. The average Bonchev–Trinajstić information content (AvgIpc) is 2.55. The Morgan fingerprint density at radius 3 is 1.59 bits per heavy atom. The average molecular weight is 312 g/mol. The van der Waals surface area contributed by atoms with Crippen LogP contribution in [0, 0.1) is 10.1 Å². The van der Waals surface area contributed by atoms with Gasteiger partial charge >= 0.3 is 5.69 Å². The molecule has 0 N–H and O–H groups in total. The van der Waals surface area contributed by atoms with Gasteiger partial charge < -0.3 is 0 Å². The standard InChI is InChI=1S/C16H10ClN3O2/c17-16-18-13(11-7-3-1-4-8-11)15(20(21)22)14(19-16)12-9-5-2-6-10-12/h1-10H. The molecular formula is C16H10ClN3O2. The molecule has 2 aromatic carbocycles. The number of benzene rings is 2.